The average Bonchev–Trinajstić information content (AvgIpc) is 2.82. The second-order valence-corrected chi connectivity index (χ2v) is 7.70. The topological polar surface area (TPSA) is 93.8 Å². The van der Waals surface area contributed by atoms with Gasteiger partial charge in [0, 0.05) is 53.4 Å². The van der Waals surface area contributed by atoms with Gasteiger partial charge in [0.25, 0.3) is 0 Å². The number of hydrogen-bond donors (Lipinski definition) is 2. The summed E-state index contributed by atoms with van der Waals surface area (Å²) in [4.78, 5) is 25.8. The third kappa shape index (κ3) is 5.10. The lowest BCUT2D eigenvalue weighted by molar-refractivity contribution is -0.118. The molecule has 160 valence electrons. The zero-order valence-corrected chi connectivity index (χ0v) is 18.0. The van der Waals surface area contributed by atoms with Crippen molar-refractivity contribution in [1.29, 1.82) is 0 Å². The Kier molecular flexibility index (Phi) is 6.72. The van der Waals surface area contributed by atoms with Gasteiger partial charge in [-0.25, -0.2) is 4.98 Å². The highest BCUT2D eigenvalue weighted by atomic mass is 35.5. The number of rotatable bonds is 8. The van der Waals surface area contributed by atoms with Crippen LogP contribution < -0.4 is 11.1 Å². The lowest BCUT2D eigenvalue weighted by Crippen LogP contribution is -2.24. The van der Waals surface area contributed by atoms with Gasteiger partial charge in [-0.15, -0.1) is 0 Å². The Balaban J connectivity index is 1.70. The van der Waals surface area contributed by atoms with Crippen molar-refractivity contribution in [1.82, 2.24) is 15.0 Å². The Labute approximate surface area is 191 Å². The Morgan fingerprint density at radius 2 is 1.84 bits per heavy atom. The fourth-order valence-electron chi connectivity index (χ4n) is 3.52. The zero-order valence-electron chi connectivity index (χ0n) is 17.3. The van der Waals surface area contributed by atoms with Gasteiger partial charge < -0.3 is 11.1 Å². The summed E-state index contributed by atoms with van der Waals surface area (Å²) in [6.07, 6.45) is 5.79. The van der Waals surface area contributed by atoms with Gasteiger partial charge in [-0.3, -0.25) is 14.8 Å². The Morgan fingerprint density at radius 3 is 2.53 bits per heavy atom. The molecule has 3 aromatic heterocycles. The van der Waals surface area contributed by atoms with Crippen LogP contribution in [0, 0.1) is 0 Å². The van der Waals surface area contributed by atoms with Gasteiger partial charge in [0.1, 0.15) is 5.82 Å². The molecule has 6 nitrogen and oxygen atoms in total. The minimum Gasteiger partial charge on any atom is -0.369 e. The zero-order chi connectivity index (χ0) is 22.3. The van der Waals surface area contributed by atoms with Crippen molar-refractivity contribution in [2.45, 2.75) is 12.3 Å². The maximum absolute atomic E-state index is 12.5. The van der Waals surface area contributed by atoms with Crippen LogP contribution in [-0.2, 0) is 11.2 Å². The molecule has 3 heterocycles. The van der Waals surface area contributed by atoms with E-state index in [-0.39, 0.29) is 0 Å². The first-order valence-corrected chi connectivity index (χ1v) is 10.6. The van der Waals surface area contributed by atoms with E-state index in [1.165, 1.54) is 0 Å². The van der Waals surface area contributed by atoms with E-state index in [9.17, 15) is 4.79 Å². The molecule has 0 spiro atoms. The molecule has 7 heteroatoms. The number of nitrogens with one attached hydrogen (secondary N) is 1. The Morgan fingerprint density at radius 1 is 1.00 bits per heavy atom. The van der Waals surface area contributed by atoms with Crippen molar-refractivity contribution < 1.29 is 4.79 Å². The van der Waals surface area contributed by atoms with Crippen molar-refractivity contribution in [3.63, 3.8) is 0 Å². The first kappa shape index (κ1) is 21.5. The molecule has 1 unspecified atom stereocenters. The van der Waals surface area contributed by atoms with E-state index in [1.807, 2.05) is 60.7 Å². The van der Waals surface area contributed by atoms with Crippen LogP contribution in [0.5, 0.6) is 0 Å². The molecule has 1 amide bonds. The van der Waals surface area contributed by atoms with Crippen LogP contribution in [0.4, 0.5) is 5.82 Å². The normalized spacial score (nSPS) is 11.7. The lowest BCUT2D eigenvalue weighted by atomic mass is 9.91. The predicted octanol–water partition coefficient (Wildman–Crippen LogP) is 4.46. The number of nitrogens with two attached hydrogens (primary N) is 1. The standard InChI is InChI=1S/C25H22ClN5O/c26-19-8-6-17(7-9-19)22-11-10-21(23(24(27)32)18-4-3-13-28-16-18)25(31-22)30-15-12-20-5-1-2-14-29-20/h1-11,13-14,16,23H,12,15H2,(H2,27,32)(H,30,31). The van der Waals surface area contributed by atoms with Crippen LogP contribution in [-0.4, -0.2) is 27.4 Å². The summed E-state index contributed by atoms with van der Waals surface area (Å²) in [7, 11) is 0. The SMILES string of the molecule is NC(=O)C(c1cccnc1)c1ccc(-c2ccc(Cl)cc2)nc1NCCc1ccccn1. The summed E-state index contributed by atoms with van der Waals surface area (Å²) in [6, 6.07) is 20.7. The van der Waals surface area contributed by atoms with Crippen LogP contribution in [0.15, 0.2) is 85.3 Å². The second-order valence-electron chi connectivity index (χ2n) is 7.26. The minimum atomic E-state index is -0.673. The predicted molar refractivity (Wildman–Crippen MR) is 126 cm³/mol. The van der Waals surface area contributed by atoms with E-state index in [0.29, 0.717) is 34.9 Å². The minimum absolute atomic E-state index is 0.466. The summed E-state index contributed by atoms with van der Waals surface area (Å²) < 4.78 is 0. The molecule has 0 radical (unpaired) electrons. The largest absolute Gasteiger partial charge is 0.369 e. The molecular weight excluding hydrogens is 422 g/mol. The van der Waals surface area contributed by atoms with Gasteiger partial charge >= 0.3 is 0 Å². The number of aromatic nitrogens is 3. The molecule has 3 N–H and O–H groups in total. The van der Waals surface area contributed by atoms with E-state index in [0.717, 1.165) is 17.0 Å². The number of benzene rings is 1. The number of carbonyl (C=O) groups is 1. The average molecular weight is 444 g/mol. The second kappa shape index (κ2) is 10.0. The fraction of sp³-hybridized carbons (Fsp3) is 0.120. The molecule has 0 aliphatic heterocycles. The smallest absolute Gasteiger partial charge is 0.229 e. The van der Waals surface area contributed by atoms with Crippen molar-refractivity contribution in [2.75, 3.05) is 11.9 Å². The van der Waals surface area contributed by atoms with Gasteiger partial charge in [-0.2, -0.15) is 0 Å². The number of amides is 1. The van der Waals surface area contributed by atoms with Crippen molar-refractivity contribution in [3.8, 4) is 11.3 Å². The van der Waals surface area contributed by atoms with E-state index in [1.54, 1.807) is 24.7 Å². The van der Waals surface area contributed by atoms with Crippen molar-refractivity contribution >= 4 is 23.3 Å². The van der Waals surface area contributed by atoms with Crippen LogP contribution in [0.1, 0.15) is 22.7 Å². The van der Waals surface area contributed by atoms with Gasteiger partial charge in [-0.05, 0) is 42.0 Å². The van der Waals surface area contributed by atoms with Crippen molar-refractivity contribution in [2.24, 2.45) is 5.73 Å². The number of pyridine rings is 3. The number of nitrogens with zero attached hydrogens (tertiary/aromatic N) is 3. The highest BCUT2D eigenvalue weighted by Gasteiger charge is 2.24. The Hall–Kier alpha value is -3.77. The molecule has 4 rings (SSSR count). The summed E-state index contributed by atoms with van der Waals surface area (Å²) in [5.41, 5.74) is 9.88. The molecule has 0 bridgehead atoms. The summed E-state index contributed by atoms with van der Waals surface area (Å²) >= 11 is 6.03. The van der Waals surface area contributed by atoms with Gasteiger partial charge in [0.05, 0.1) is 11.6 Å². The van der Waals surface area contributed by atoms with E-state index >= 15 is 0 Å². The fourth-order valence-corrected chi connectivity index (χ4v) is 3.65. The third-order valence-electron chi connectivity index (χ3n) is 5.08. The first-order valence-electron chi connectivity index (χ1n) is 10.2. The molecule has 1 atom stereocenters. The first-order chi connectivity index (χ1) is 15.6. The van der Waals surface area contributed by atoms with Gasteiger partial charge in [0.15, 0.2) is 0 Å². The number of primary amides is 1. The molecule has 0 saturated heterocycles. The molecule has 32 heavy (non-hydrogen) atoms. The van der Waals surface area contributed by atoms with Crippen molar-refractivity contribution in [3.05, 3.63) is 107 Å². The van der Waals surface area contributed by atoms with E-state index in [4.69, 9.17) is 22.3 Å². The lowest BCUT2D eigenvalue weighted by Gasteiger charge is -2.19. The van der Waals surface area contributed by atoms with Gasteiger partial charge in [0.2, 0.25) is 5.91 Å². The molecular formula is C25H22ClN5O. The number of carbonyl (C=O) groups excluding carboxylic acids is 1. The molecule has 4 aromatic rings. The maximum Gasteiger partial charge on any atom is 0.229 e. The number of halogens is 1. The third-order valence-corrected chi connectivity index (χ3v) is 5.33. The van der Waals surface area contributed by atoms with Crippen LogP contribution in [0.2, 0.25) is 5.02 Å². The van der Waals surface area contributed by atoms with E-state index in [2.05, 4.69) is 15.3 Å². The summed E-state index contributed by atoms with van der Waals surface area (Å²) in [5.74, 6) is -0.541. The summed E-state index contributed by atoms with van der Waals surface area (Å²) in [6.45, 7) is 0.597. The van der Waals surface area contributed by atoms with Crippen LogP contribution in [0.25, 0.3) is 11.3 Å². The van der Waals surface area contributed by atoms with E-state index < -0.39 is 11.8 Å². The van der Waals surface area contributed by atoms with Crippen LogP contribution in [0.3, 0.4) is 0 Å². The summed E-state index contributed by atoms with van der Waals surface area (Å²) in [5, 5.41) is 4.04. The highest BCUT2D eigenvalue weighted by Crippen LogP contribution is 2.31. The molecule has 0 aliphatic rings. The highest BCUT2D eigenvalue weighted by molar-refractivity contribution is 6.30. The molecule has 0 saturated carbocycles. The van der Waals surface area contributed by atoms with Gasteiger partial charge in [-0.1, -0.05) is 41.9 Å². The molecule has 0 aliphatic carbocycles. The van der Waals surface area contributed by atoms with Crippen LogP contribution >= 0.6 is 11.6 Å². The number of anilines is 1. The quantitative estimate of drug-likeness (QED) is 0.419. The Bertz CT molecular complexity index is 1180. The maximum atomic E-state index is 12.5. The monoisotopic (exact) mass is 443 g/mol. The molecule has 0 fully saturated rings. The molecule has 1 aromatic carbocycles. The number of hydrogen-bond acceptors (Lipinski definition) is 5.